The third kappa shape index (κ3) is 5.04. The van der Waals surface area contributed by atoms with E-state index in [0.717, 1.165) is 56.5 Å². The maximum atomic E-state index is 13.0. The van der Waals surface area contributed by atoms with Gasteiger partial charge in [-0.2, -0.15) is 0 Å². The highest BCUT2D eigenvalue weighted by molar-refractivity contribution is 6.00. The van der Waals surface area contributed by atoms with Crippen LogP contribution in [-0.2, 0) is 16.1 Å². The minimum Gasteiger partial charge on any atom is -0.452 e. The molecule has 0 bridgehead atoms. The molecule has 2 saturated heterocycles. The molecule has 0 aliphatic carbocycles. The van der Waals surface area contributed by atoms with Crippen molar-refractivity contribution >= 4 is 28.6 Å². The van der Waals surface area contributed by atoms with Crippen molar-refractivity contribution in [2.45, 2.75) is 19.4 Å². The quantitative estimate of drug-likeness (QED) is 0.528. The van der Waals surface area contributed by atoms with Gasteiger partial charge in [0.05, 0.1) is 5.52 Å². The number of rotatable bonds is 6. The summed E-state index contributed by atoms with van der Waals surface area (Å²) in [5.41, 5.74) is 2.56. The second kappa shape index (κ2) is 10.2. The Morgan fingerprint density at radius 3 is 2.32 bits per heavy atom. The molecule has 2 aliphatic rings. The van der Waals surface area contributed by atoms with Gasteiger partial charge >= 0.3 is 5.97 Å². The molecular formula is C27H30N4O3. The van der Waals surface area contributed by atoms with Gasteiger partial charge in [-0.05, 0) is 30.5 Å². The van der Waals surface area contributed by atoms with Gasteiger partial charge in [0.15, 0.2) is 6.61 Å². The number of esters is 1. The van der Waals surface area contributed by atoms with Crippen LogP contribution in [0.15, 0.2) is 60.7 Å². The molecule has 5 rings (SSSR count). The molecule has 3 heterocycles. The number of ether oxygens (including phenoxy) is 1. The molecule has 3 aromatic rings. The van der Waals surface area contributed by atoms with E-state index in [1.54, 1.807) is 4.90 Å². The van der Waals surface area contributed by atoms with Crippen LogP contribution in [0.1, 0.15) is 28.8 Å². The molecule has 0 atom stereocenters. The third-order valence-corrected chi connectivity index (χ3v) is 6.63. The fourth-order valence-electron chi connectivity index (χ4n) is 4.72. The van der Waals surface area contributed by atoms with Crippen LogP contribution >= 0.6 is 0 Å². The van der Waals surface area contributed by atoms with Gasteiger partial charge in [0.25, 0.3) is 5.91 Å². The summed E-state index contributed by atoms with van der Waals surface area (Å²) < 4.78 is 5.50. The SMILES string of the molecule is O=C(OCC(=O)N1CCN(Cc2ccccc2)CC1)c1cc2ccccc2nc1N1CCCC1. The fourth-order valence-corrected chi connectivity index (χ4v) is 4.72. The first-order valence-electron chi connectivity index (χ1n) is 12.0. The molecule has 1 aromatic heterocycles. The number of amides is 1. The summed E-state index contributed by atoms with van der Waals surface area (Å²) in [4.78, 5) is 36.8. The van der Waals surface area contributed by atoms with Gasteiger partial charge in [-0.15, -0.1) is 0 Å². The van der Waals surface area contributed by atoms with Crippen molar-refractivity contribution in [3.8, 4) is 0 Å². The minimum atomic E-state index is -0.490. The molecule has 0 radical (unpaired) electrons. The van der Waals surface area contributed by atoms with Crippen LogP contribution < -0.4 is 4.90 Å². The standard InChI is InChI=1S/C27H30N4O3/c32-25(30-16-14-29(15-17-30)19-21-8-2-1-3-9-21)20-34-27(33)23-18-22-10-4-5-11-24(22)28-26(23)31-12-6-7-13-31/h1-5,8-11,18H,6-7,12-17,19-20H2. The number of hydrogen-bond acceptors (Lipinski definition) is 6. The molecule has 0 unspecified atom stereocenters. The lowest BCUT2D eigenvalue weighted by Crippen LogP contribution is -2.49. The zero-order valence-corrected chi connectivity index (χ0v) is 19.4. The Morgan fingerprint density at radius 2 is 1.56 bits per heavy atom. The molecule has 34 heavy (non-hydrogen) atoms. The van der Waals surface area contributed by atoms with Crippen molar-refractivity contribution in [2.75, 3.05) is 50.8 Å². The molecule has 0 N–H and O–H groups in total. The number of pyridine rings is 1. The summed E-state index contributed by atoms with van der Waals surface area (Å²) in [6.07, 6.45) is 2.16. The number of piperazine rings is 1. The molecule has 7 nitrogen and oxygen atoms in total. The van der Waals surface area contributed by atoms with Crippen molar-refractivity contribution in [2.24, 2.45) is 0 Å². The summed E-state index contributed by atoms with van der Waals surface area (Å²) in [6.45, 7) is 5.27. The number of anilines is 1. The van der Waals surface area contributed by atoms with Crippen molar-refractivity contribution in [3.63, 3.8) is 0 Å². The van der Waals surface area contributed by atoms with Crippen LogP contribution in [0.25, 0.3) is 10.9 Å². The van der Waals surface area contributed by atoms with Crippen LogP contribution in [0.3, 0.4) is 0 Å². The highest BCUT2D eigenvalue weighted by Crippen LogP contribution is 2.27. The van der Waals surface area contributed by atoms with E-state index in [1.165, 1.54) is 5.56 Å². The number of carbonyl (C=O) groups excluding carboxylic acids is 2. The lowest BCUT2D eigenvalue weighted by Gasteiger charge is -2.34. The molecule has 0 spiro atoms. The number of aromatic nitrogens is 1. The molecule has 7 heteroatoms. The number of benzene rings is 2. The molecule has 176 valence electrons. The minimum absolute atomic E-state index is 0.149. The Hall–Kier alpha value is -3.45. The number of para-hydroxylation sites is 1. The summed E-state index contributed by atoms with van der Waals surface area (Å²) in [5.74, 6) is 0.0172. The van der Waals surface area contributed by atoms with E-state index in [9.17, 15) is 9.59 Å². The maximum absolute atomic E-state index is 13.0. The number of hydrogen-bond donors (Lipinski definition) is 0. The molecule has 1 amide bonds. The zero-order chi connectivity index (χ0) is 23.3. The summed E-state index contributed by atoms with van der Waals surface area (Å²) in [5, 5.41) is 0.887. The lowest BCUT2D eigenvalue weighted by molar-refractivity contribution is -0.136. The topological polar surface area (TPSA) is 66.0 Å². The Bertz CT molecular complexity index is 1150. The molecule has 2 aromatic carbocycles. The number of nitrogens with zero attached hydrogens (tertiary/aromatic N) is 4. The van der Waals surface area contributed by atoms with E-state index >= 15 is 0 Å². The van der Waals surface area contributed by atoms with Crippen LogP contribution in [0.4, 0.5) is 5.82 Å². The van der Waals surface area contributed by atoms with Gasteiger partial charge in [0.2, 0.25) is 0 Å². The second-order valence-electron chi connectivity index (χ2n) is 8.97. The molecular weight excluding hydrogens is 428 g/mol. The zero-order valence-electron chi connectivity index (χ0n) is 19.4. The van der Waals surface area contributed by atoms with E-state index in [-0.39, 0.29) is 12.5 Å². The highest BCUT2D eigenvalue weighted by Gasteiger charge is 2.25. The fraction of sp³-hybridized carbons (Fsp3) is 0.370. The number of carbonyl (C=O) groups is 2. The van der Waals surface area contributed by atoms with Crippen LogP contribution in [0.2, 0.25) is 0 Å². The lowest BCUT2D eigenvalue weighted by atomic mass is 10.1. The molecule has 2 aliphatic heterocycles. The van der Waals surface area contributed by atoms with E-state index in [4.69, 9.17) is 9.72 Å². The van der Waals surface area contributed by atoms with E-state index < -0.39 is 5.97 Å². The Labute approximate surface area is 199 Å². The number of fused-ring (bicyclic) bond motifs is 1. The van der Waals surface area contributed by atoms with E-state index in [0.29, 0.717) is 24.5 Å². The van der Waals surface area contributed by atoms with Crippen molar-refractivity contribution in [1.82, 2.24) is 14.8 Å². The first-order chi connectivity index (χ1) is 16.7. The van der Waals surface area contributed by atoms with Gasteiger partial charge in [-0.3, -0.25) is 9.69 Å². The Morgan fingerprint density at radius 1 is 0.853 bits per heavy atom. The average Bonchev–Trinajstić information content (AvgIpc) is 3.42. The predicted octanol–water partition coefficient (Wildman–Crippen LogP) is 3.34. The van der Waals surface area contributed by atoms with Crippen LogP contribution in [-0.4, -0.2) is 72.5 Å². The van der Waals surface area contributed by atoms with Gasteiger partial charge in [-0.1, -0.05) is 48.5 Å². The normalized spacial score (nSPS) is 16.7. The maximum Gasteiger partial charge on any atom is 0.342 e. The summed E-state index contributed by atoms with van der Waals surface area (Å²) in [6, 6.07) is 19.9. The van der Waals surface area contributed by atoms with Gasteiger partial charge in [-0.25, -0.2) is 9.78 Å². The van der Waals surface area contributed by atoms with E-state index in [1.807, 2.05) is 48.5 Å². The van der Waals surface area contributed by atoms with Crippen LogP contribution in [0, 0.1) is 0 Å². The Balaban J connectivity index is 1.20. The first-order valence-corrected chi connectivity index (χ1v) is 12.0. The molecule has 0 saturated carbocycles. The Kier molecular flexibility index (Phi) is 6.72. The summed E-state index contributed by atoms with van der Waals surface area (Å²) in [7, 11) is 0. The van der Waals surface area contributed by atoms with Gasteiger partial charge in [0.1, 0.15) is 11.4 Å². The largest absolute Gasteiger partial charge is 0.452 e. The third-order valence-electron chi connectivity index (χ3n) is 6.63. The van der Waals surface area contributed by atoms with Crippen LogP contribution in [0.5, 0.6) is 0 Å². The van der Waals surface area contributed by atoms with Crippen molar-refractivity contribution < 1.29 is 14.3 Å². The summed E-state index contributed by atoms with van der Waals surface area (Å²) >= 11 is 0. The smallest absolute Gasteiger partial charge is 0.342 e. The van der Waals surface area contributed by atoms with E-state index in [2.05, 4.69) is 21.9 Å². The predicted molar refractivity (Wildman–Crippen MR) is 132 cm³/mol. The van der Waals surface area contributed by atoms with Crippen molar-refractivity contribution in [3.05, 3.63) is 71.8 Å². The van der Waals surface area contributed by atoms with Crippen molar-refractivity contribution in [1.29, 1.82) is 0 Å². The second-order valence-corrected chi connectivity index (χ2v) is 8.97. The average molecular weight is 459 g/mol. The molecule has 2 fully saturated rings. The monoisotopic (exact) mass is 458 g/mol. The van der Waals surface area contributed by atoms with Gasteiger partial charge < -0.3 is 14.5 Å². The highest BCUT2D eigenvalue weighted by atomic mass is 16.5. The van der Waals surface area contributed by atoms with Gasteiger partial charge in [0, 0.05) is 51.2 Å². The first kappa shape index (κ1) is 22.3.